The van der Waals surface area contributed by atoms with Crippen molar-refractivity contribution in [1.82, 2.24) is 0 Å². The number of carbonyl (C=O) groups excluding carboxylic acids is 2. The maximum atomic E-state index is 11.9. The second kappa shape index (κ2) is 5.25. The van der Waals surface area contributed by atoms with E-state index in [4.69, 9.17) is 4.74 Å². The second-order valence-corrected chi connectivity index (χ2v) is 4.56. The van der Waals surface area contributed by atoms with E-state index in [0.717, 1.165) is 11.1 Å². The van der Waals surface area contributed by atoms with Gasteiger partial charge >= 0.3 is 11.9 Å². The van der Waals surface area contributed by atoms with Crippen molar-refractivity contribution in [2.45, 2.75) is 0 Å². The Labute approximate surface area is 121 Å². The van der Waals surface area contributed by atoms with E-state index in [9.17, 15) is 9.59 Å². The Balaban J connectivity index is 1.95. The van der Waals surface area contributed by atoms with Crippen LogP contribution >= 0.6 is 0 Å². The molecule has 0 amide bonds. The monoisotopic (exact) mass is 280 g/mol. The number of methoxy groups -OCH3 is 1. The molecule has 0 aliphatic carbocycles. The van der Waals surface area contributed by atoms with Crippen molar-refractivity contribution in [2.75, 3.05) is 7.11 Å². The standard InChI is InChI=1S/C17H12O4/c1-20-16(18)12-8-6-11(7-9-12)10-14-13-4-2-3-5-15(13)21-17(14)19/h2-10H,1H3. The minimum absolute atomic E-state index is 0.367. The summed E-state index contributed by atoms with van der Waals surface area (Å²) in [6.45, 7) is 0. The highest BCUT2D eigenvalue weighted by Gasteiger charge is 2.26. The molecule has 1 aliphatic rings. The molecule has 0 saturated carbocycles. The lowest BCUT2D eigenvalue weighted by molar-refractivity contribution is -0.126. The van der Waals surface area contributed by atoms with Crippen LogP contribution in [-0.2, 0) is 9.53 Å². The van der Waals surface area contributed by atoms with Crippen LogP contribution in [0.5, 0.6) is 5.75 Å². The Kier molecular flexibility index (Phi) is 3.28. The maximum absolute atomic E-state index is 11.9. The summed E-state index contributed by atoms with van der Waals surface area (Å²) in [5.41, 5.74) is 2.57. The minimum atomic E-state index is -0.389. The Morgan fingerprint density at radius 1 is 1.10 bits per heavy atom. The summed E-state index contributed by atoms with van der Waals surface area (Å²) in [5.74, 6) is -0.187. The molecule has 3 rings (SSSR count). The molecule has 2 aromatic carbocycles. The third-order valence-corrected chi connectivity index (χ3v) is 3.24. The van der Waals surface area contributed by atoms with Crippen molar-refractivity contribution in [1.29, 1.82) is 0 Å². The fraction of sp³-hybridized carbons (Fsp3) is 0.0588. The highest BCUT2D eigenvalue weighted by atomic mass is 16.5. The highest BCUT2D eigenvalue weighted by molar-refractivity contribution is 6.25. The SMILES string of the molecule is COC(=O)c1ccc(C=C2C(=O)Oc3ccccc32)cc1. The van der Waals surface area contributed by atoms with Gasteiger partial charge in [-0.1, -0.05) is 30.3 Å². The van der Waals surface area contributed by atoms with E-state index < -0.39 is 0 Å². The molecule has 0 radical (unpaired) electrons. The molecule has 0 spiro atoms. The largest absolute Gasteiger partial charge is 0.465 e. The van der Waals surface area contributed by atoms with Gasteiger partial charge in [-0.05, 0) is 29.8 Å². The van der Waals surface area contributed by atoms with Crippen molar-refractivity contribution in [3.8, 4) is 5.75 Å². The van der Waals surface area contributed by atoms with Crippen molar-refractivity contribution < 1.29 is 19.1 Å². The summed E-state index contributed by atoms with van der Waals surface area (Å²) in [6, 6.07) is 14.1. The van der Waals surface area contributed by atoms with E-state index >= 15 is 0 Å². The number of hydrogen-bond donors (Lipinski definition) is 0. The molecule has 0 N–H and O–H groups in total. The van der Waals surface area contributed by atoms with E-state index in [2.05, 4.69) is 4.74 Å². The molecular weight excluding hydrogens is 268 g/mol. The molecule has 0 unspecified atom stereocenters. The molecule has 0 fully saturated rings. The molecule has 104 valence electrons. The van der Waals surface area contributed by atoms with E-state index in [1.54, 1.807) is 36.4 Å². The van der Waals surface area contributed by atoms with Gasteiger partial charge in [-0.15, -0.1) is 0 Å². The van der Waals surface area contributed by atoms with Crippen LogP contribution in [0.25, 0.3) is 11.6 Å². The van der Waals surface area contributed by atoms with Gasteiger partial charge in [-0.2, -0.15) is 0 Å². The fourth-order valence-corrected chi connectivity index (χ4v) is 2.18. The number of hydrogen-bond acceptors (Lipinski definition) is 4. The Bertz CT molecular complexity index is 742. The number of benzene rings is 2. The van der Waals surface area contributed by atoms with Crippen molar-refractivity contribution in [3.63, 3.8) is 0 Å². The van der Waals surface area contributed by atoms with Crippen LogP contribution in [0.4, 0.5) is 0 Å². The first-order valence-electron chi connectivity index (χ1n) is 6.40. The Hall–Kier alpha value is -2.88. The summed E-state index contributed by atoms with van der Waals surface area (Å²) in [4.78, 5) is 23.3. The lowest BCUT2D eigenvalue weighted by Gasteiger charge is -2.00. The van der Waals surface area contributed by atoms with Crippen LogP contribution in [0, 0.1) is 0 Å². The van der Waals surface area contributed by atoms with Crippen LogP contribution in [0.15, 0.2) is 48.5 Å². The molecular formula is C17H12O4. The van der Waals surface area contributed by atoms with Gasteiger partial charge in [-0.3, -0.25) is 0 Å². The molecule has 1 aliphatic heterocycles. The van der Waals surface area contributed by atoms with E-state index in [-0.39, 0.29) is 11.9 Å². The molecule has 4 nitrogen and oxygen atoms in total. The number of ether oxygens (including phenoxy) is 2. The van der Waals surface area contributed by atoms with Crippen molar-refractivity contribution in [3.05, 3.63) is 65.2 Å². The lowest BCUT2D eigenvalue weighted by atomic mass is 10.0. The molecule has 0 saturated heterocycles. The van der Waals surface area contributed by atoms with Gasteiger partial charge in [-0.25, -0.2) is 9.59 Å². The maximum Gasteiger partial charge on any atom is 0.344 e. The van der Waals surface area contributed by atoms with Crippen LogP contribution < -0.4 is 4.74 Å². The third kappa shape index (κ3) is 2.43. The molecule has 4 heteroatoms. The van der Waals surface area contributed by atoms with Crippen molar-refractivity contribution in [2.24, 2.45) is 0 Å². The van der Waals surface area contributed by atoms with E-state index in [1.807, 2.05) is 18.2 Å². The molecule has 21 heavy (non-hydrogen) atoms. The zero-order chi connectivity index (χ0) is 14.8. The summed E-state index contributed by atoms with van der Waals surface area (Å²) < 4.78 is 9.83. The molecule has 0 aromatic heterocycles. The third-order valence-electron chi connectivity index (χ3n) is 3.24. The van der Waals surface area contributed by atoms with E-state index in [0.29, 0.717) is 16.9 Å². The number of esters is 2. The molecule has 2 aromatic rings. The van der Waals surface area contributed by atoms with Gasteiger partial charge in [0.25, 0.3) is 0 Å². The van der Waals surface area contributed by atoms with Gasteiger partial charge in [0, 0.05) is 5.56 Å². The fourth-order valence-electron chi connectivity index (χ4n) is 2.18. The van der Waals surface area contributed by atoms with Gasteiger partial charge < -0.3 is 9.47 Å². The van der Waals surface area contributed by atoms with Gasteiger partial charge in [0.2, 0.25) is 0 Å². The van der Waals surface area contributed by atoms with Crippen LogP contribution in [-0.4, -0.2) is 19.0 Å². The number of para-hydroxylation sites is 1. The number of fused-ring (bicyclic) bond motifs is 1. The second-order valence-electron chi connectivity index (χ2n) is 4.56. The molecule has 0 bridgehead atoms. The minimum Gasteiger partial charge on any atom is -0.465 e. The first-order chi connectivity index (χ1) is 10.2. The van der Waals surface area contributed by atoms with Crippen molar-refractivity contribution >= 4 is 23.6 Å². The quantitative estimate of drug-likeness (QED) is 0.482. The highest BCUT2D eigenvalue weighted by Crippen LogP contribution is 2.34. The summed E-state index contributed by atoms with van der Waals surface area (Å²) in [5, 5.41) is 0. The zero-order valence-electron chi connectivity index (χ0n) is 11.3. The van der Waals surface area contributed by atoms with Crippen LogP contribution in [0.1, 0.15) is 21.5 Å². The smallest absolute Gasteiger partial charge is 0.344 e. The van der Waals surface area contributed by atoms with Crippen LogP contribution in [0.2, 0.25) is 0 Å². The summed E-state index contributed by atoms with van der Waals surface area (Å²) in [7, 11) is 1.34. The molecule has 1 heterocycles. The predicted octanol–water partition coefficient (Wildman–Crippen LogP) is 2.93. The molecule has 0 atom stereocenters. The van der Waals surface area contributed by atoms with Gasteiger partial charge in [0.05, 0.1) is 18.2 Å². The number of carbonyl (C=O) groups is 2. The predicted molar refractivity (Wildman–Crippen MR) is 77.7 cm³/mol. The lowest BCUT2D eigenvalue weighted by Crippen LogP contribution is -2.01. The Morgan fingerprint density at radius 3 is 2.52 bits per heavy atom. The number of rotatable bonds is 2. The Morgan fingerprint density at radius 2 is 1.81 bits per heavy atom. The van der Waals surface area contributed by atoms with E-state index in [1.165, 1.54) is 7.11 Å². The summed E-state index contributed by atoms with van der Waals surface area (Å²) in [6.07, 6.45) is 1.75. The van der Waals surface area contributed by atoms with Crippen LogP contribution in [0.3, 0.4) is 0 Å². The van der Waals surface area contributed by atoms with Gasteiger partial charge in [0.1, 0.15) is 5.75 Å². The summed E-state index contributed by atoms with van der Waals surface area (Å²) >= 11 is 0. The zero-order valence-corrected chi connectivity index (χ0v) is 11.3. The average Bonchev–Trinajstić information content (AvgIpc) is 2.83. The first-order valence-corrected chi connectivity index (χ1v) is 6.40. The normalized spacial score (nSPS) is 14.7. The first kappa shape index (κ1) is 13.1. The topological polar surface area (TPSA) is 52.6 Å². The average molecular weight is 280 g/mol. The van der Waals surface area contributed by atoms with Gasteiger partial charge in [0.15, 0.2) is 0 Å².